The lowest BCUT2D eigenvalue weighted by molar-refractivity contribution is -0.117. The number of thiophene rings is 1. The molecule has 0 saturated carbocycles. The van der Waals surface area contributed by atoms with E-state index in [2.05, 4.69) is 29.6 Å². The van der Waals surface area contributed by atoms with Gasteiger partial charge in [-0.25, -0.2) is 0 Å². The SMILES string of the molecule is CSc1ccc(CN(C)CC(=O)Nc2sc3c(c2C(N)=O)CCCC3)cc1. The van der Waals surface area contributed by atoms with Gasteiger partial charge in [0.2, 0.25) is 5.91 Å². The van der Waals surface area contributed by atoms with Gasteiger partial charge in [0.15, 0.2) is 0 Å². The minimum absolute atomic E-state index is 0.126. The lowest BCUT2D eigenvalue weighted by Gasteiger charge is -2.16. The van der Waals surface area contributed by atoms with Crippen LogP contribution in [0.3, 0.4) is 0 Å². The predicted molar refractivity (Wildman–Crippen MR) is 113 cm³/mol. The molecule has 0 bridgehead atoms. The zero-order chi connectivity index (χ0) is 19.4. The summed E-state index contributed by atoms with van der Waals surface area (Å²) in [4.78, 5) is 28.8. The first kappa shape index (κ1) is 19.9. The molecule has 0 saturated heterocycles. The molecule has 0 spiro atoms. The molecule has 1 aliphatic rings. The summed E-state index contributed by atoms with van der Waals surface area (Å²) < 4.78 is 0. The Labute approximate surface area is 168 Å². The number of anilines is 1. The van der Waals surface area contributed by atoms with Crippen LogP contribution in [0.15, 0.2) is 29.2 Å². The summed E-state index contributed by atoms with van der Waals surface area (Å²) in [5, 5.41) is 3.53. The highest BCUT2D eigenvalue weighted by molar-refractivity contribution is 7.98. The van der Waals surface area contributed by atoms with Crippen LogP contribution in [-0.4, -0.2) is 36.6 Å². The van der Waals surface area contributed by atoms with Crippen molar-refractivity contribution in [2.24, 2.45) is 5.73 Å². The number of amides is 2. The predicted octanol–water partition coefficient (Wildman–Crippen LogP) is 3.52. The Hall–Kier alpha value is -1.83. The van der Waals surface area contributed by atoms with Gasteiger partial charge in [-0.3, -0.25) is 14.5 Å². The van der Waals surface area contributed by atoms with Gasteiger partial charge in [0, 0.05) is 16.3 Å². The maximum Gasteiger partial charge on any atom is 0.251 e. The number of likely N-dealkylation sites (N-methyl/N-ethyl adjacent to an activating group) is 1. The van der Waals surface area contributed by atoms with Crippen LogP contribution in [0.4, 0.5) is 5.00 Å². The Morgan fingerprint density at radius 1 is 1.22 bits per heavy atom. The summed E-state index contributed by atoms with van der Waals surface area (Å²) in [6.07, 6.45) is 6.06. The third-order valence-corrected chi connectivity index (χ3v) is 6.65. The number of thioether (sulfide) groups is 1. The Morgan fingerprint density at radius 2 is 1.93 bits per heavy atom. The van der Waals surface area contributed by atoms with E-state index in [1.807, 2.05) is 18.2 Å². The molecule has 3 rings (SSSR count). The number of primary amides is 1. The first-order valence-electron chi connectivity index (χ1n) is 9.03. The number of carbonyl (C=O) groups excluding carboxylic acids is 2. The molecule has 0 fully saturated rings. The van der Waals surface area contributed by atoms with E-state index in [1.54, 1.807) is 11.8 Å². The van der Waals surface area contributed by atoms with E-state index in [0.29, 0.717) is 17.1 Å². The van der Waals surface area contributed by atoms with E-state index in [-0.39, 0.29) is 12.5 Å². The van der Waals surface area contributed by atoms with E-state index >= 15 is 0 Å². The third kappa shape index (κ3) is 4.91. The fraction of sp³-hybridized carbons (Fsp3) is 0.400. The molecule has 5 nitrogen and oxygen atoms in total. The Kier molecular flexibility index (Phi) is 6.57. The Morgan fingerprint density at radius 3 is 2.59 bits per heavy atom. The lowest BCUT2D eigenvalue weighted by Crippen LogP contribution is -2.30. The Bertz CT molecular complexity index is 830. The summed E-state index contributed by atoms with van der Waals surface area (Å²) in [6.45, 7) is 0.941. The molecule has 3 N–H and O–H groups in total. The zero-order valence-electron chi connectivity index (χ0n) is 15.7. The van der Waals surface area contributed by atoms with Crippen molar-refractivity contribution in [3.8, 4) is 0 Å². The molecule has 144 valence electrons. The van der Waals surface area contributed by atoms with Gasteiger partial charge in [-0.1, -0.05) is 12.1 Å². The van der Waals surface area contributed by atoms with Gasteiger partial charge in [-0.05, 0) is 62.2 Å². The molecule has 1 aromatic carbocycles. The van der Waals surface area contributed by atoms with Crippen molar-refractivity contribution in [1.82, 2.24) is 4.90 Å². The topological polar surface area (TPSA) is 75.4 Å². The molecule has 1 aromatic heterocycles. The van der Waals surface area contributed by atoms with Gasteiger partial charge >= 0.3 is 0 Å². The van der Waals surface area contributed by atoms with Gasteiger partial charge < -0.3 is 11.1 Å². The van der Waals surface area contributed by atoms with Crippen LogP contribution < -0.4 is 11.1 Å². The summed E-state index contributed by atoms with van der Waals surface area (Å²) in [5.41, 5.74) is 8.30. The third-order valence-electron chi connectivity index (χ3n) is 4.70. The number of nitrogens with two attached hydrogens (primary N) is 1. The number of hydrogen-bond donors (Lipinski definition) is 2. The highest BCUT2D eigenvalue weighted by atomic mass is 32.2. The van der Waals surface area contributed by atoms with Crippen LogP contribution in [0.1, 0.15) is 39.2 Å². The number of carbonyl (C=O) groups is 2. The van der Waals surface area contributed by atoms with E-state index in [0.717, 1.165) is 36.8 Å². The van der Waals surface area contributed by atoms with Crippen LogP contribution in [0, 0.1) is 0 Å². The van der Waals surface area contributed by atoms with E-state index in [1.165, 1.54) is 21.1 Å². The van der Waals surface area contributed by atoms with Crippen molar-refractivity contribution >= 4 is 39.9 Å². The molecule has 0 radical (unpaired) electrons. The molecule has 0 aliphatic heterocycles. The highest BCUT2D eigenvalue weighted by Crippen LogP contribution is 2.37. The number of benzene rings is 1. The monoisotopic (exact) mass is 403 g/mol. The first-order chi connectivity index (χ1) is 13.0. The maximum atomic E-state index is 12.5. The zero-order valence-corrected chi connectivity index (χ0v) is 17.3. The highest BCUT2D eigenvalue weighted by Gasteiger charge is 2.25. The second kappa shape index (κ2) is 8.91. The average Bonchev–Trinajstić information content (AvgIpc) is 2.99. The number of aryl methyl sites for hydroxylation is 1. The number of fused-ring (bicyclic) bond motifs is 1. The minimum atomic E-state index is -0.452. The standard InChI is InChI=1S/C20H25N3O2S2/c1-23(11-13-7-9-14(26-2)10-8-13)12-17(24)22-20-18(19(21)25)15-5-3-4-6-16(15)27-20/h7-10H,3-6,11-12H2,1-2H3,(H2,21,25)(H,22,24). The molecule has 0 unspecified atom stereocenters. The first-order valence-corrected chi connectivity index (χ1v) is 11.1. The van der Waals surface area contributed by atoms with Crippen LogP contribution in [-0.2, 0) is 24.2 Å². The second-order valence-electron chi connectivity index (χ2n) is 6.85. The summed E-state index contributed by atoms with van der Waals surface area (Å²) >= 11 is 3.21. The fourth-order valence-electron chi connectivity index (χ4n) is 3.42. The molecular formula is C20H25N3O2S2. The van der Waals surface area contributed by atoms with Crippen molar-refractivity contribution in [2.45, 2.75) is 37.1 Å². The van der Waals surface area contributed by atoms with Crippen molar-refractivity contribution in [2.75, 3.05) is 25.2 Å². The van der Waals surface area contributed by atoms with E-state index < -0.39 is 5.91 Å². The van der Waals surface area contributed by atoms with Gasteiger partial charge in [-0.15, -0.1) is 23.1 Å². The quantitative estimate of drug-likeness (QED) is 0.694. The molecular weight excluding hydrogens is 378 g/mol. The molecule has 2 amide bonds. The average molecular weight is 404 g/mol. The van der Waals surface area contributed by atoms with Crippen LogP contribution >= 0.6 is 23.1 Å². The number of nitrogens with one attached hydrogen (secondary N) is 1. The molecule has 2 aromatic rings. The summed E-state index contributed by atoms with van der Waals surface area (Å²) in [7, 11) is 1.91. The second-order valence-corrected chi connectivity index (χ2v) is 8.83. The van der Waals surface area contributed by atoms with Gasteiger partial charge in [0.1, 0.15) is 5.00 Å². The van der Waals surface area contributed by atoms with Gasteiger partial charge in [0.05, 0.1) is 12.1 Å². The molecule has 7 heteroatoms. The summed E-state index contributed by atoms with van der Waals surface area (Å²) in [6, 6.07) is 8.34. The van der Waals surface area contributed by atoms with E-state index in [9.17, 15) is 9.59 Å². The molecule has 0 atom stereocenters. The van der Waals surface area contributed by atoms with Crippen LogP contribution in [0.2, 0.25) is 0 Å². The molecule has 27 heavy (non-hydrogen) atoms. The molecule has 1 aliphatic carbocycles. The van der Waals surface area contributed by atoms with E-state index in [4.69, 9.17) is 5.73 Å². The smallest absolute Gasteiger partial charge is 0.251 e. The van der Waals surface area contributed by atoms with Crippen molar-refractivity contribution < 1.29 is 9.59 Å². The normalized spacial score (nSPS) is 13.4. The minimum Gasteiger partial charge on any atom is -0.365 e. The van der Waals surface area contributed by atoms with Gasteiger partial charge in [-0.2, -0.15) is 0 Å². The van der Waals surface area contributed by atoms with Crippen molar-refractivity contribution in [3.05, 3.63) is 45.8 Å². The lowest BCUT2D eigenvalue weighted by atomic mass is 9.95. The Balaban J connectivity index is 1.63. The van der Waals surface area contributed by atoms with Crippen molar-refractivity contribution in [1.29, 1.82) is 0 Å². The van der Waals surface area contributed by atoms with Gasteiger partial charge in [0.25, 0.3) is 5.91 Å². The summed E-state index contributed by atoms with van der Waals surface area (Å²) in [5.74, 6) is -0.578. The largest absolute Gasteiger partial charge is 0.365 e. The fourth-order valence-corrected chi connectivity index (χ4v) is 5.14. The molecule has 1 heterocycles. The van der Waals surface area contributed by atoms with Crippen LogP contribution in [0.25, 0.3) is 0 Å². The number of nitrogens with zero attached hydrogens (tertiary/aromatic N) is 1. The van der Waals surface area contributed by atoms with Crippen molar-refractivity contribution in [3.63, 3.8) is 0 Å². The van der Waals surface area contributed by atoms with Crippen LogP contribution in [0.5, 0.6) is 0 Å². The maximum absolute atomic E-state index is 12.5. The number of hydrogen-bond acceptors (Lipinski definition) is 5. The number of rotatable bonds is 7.